The normalized spacial score (nSPS) is 14.8. The summed E-state index contributed by atoms with van der Waals surface area (Å²) in [5.41, 5.74) is 5.34. The number of allylic oxidation sites excluding steroid dienone is 14. The standard InChI is InChI=1S/C44H74NO9P/c1-3-5-7-9-11-13-15-17-19-20-21-22-23-24-26-28-30-32-34-36-43(46)54-41(39-52-55(49,50)53-40-42(45)44(47)48)38-51-37-35-33-31-29-27-25-18-16-14-12-10-8-6-4-2/h5,7-8,10-11,13-14,16-17,19,21-22,24,26,41-42H,3-4,6,9,12,15,18,20,23,25,27-40,45H2,1-2H3,(H,47,48)(H,49,50)/b7-5-,10-8-,13-11-,16-14-,19-17-,22-21-,26-24-. The number of nitrogens with two attached hydrogens (primary N) is 1. The Balaban J connectivity index is 4.38. The molecule has 0 aromatic carbocycles. The van der Waals surface area contributed by atoms with Gasteiger partial charge in [0.1, 0.15) is 12.1 Å². The summed E-state index contributed by atoms with van der Waals surface area (Å²) in [6.07, 6.45) is 49.2. The van der Waals surface area contributed by atoms with Crippen LogP contribution in [0.2, 0.25) is 0 Å². The molecule has 314 valence electrons. The fourth-order valence-electron chi connectivity index (χ4n) is 4.96. The number of carbonyl (C=O) groups is 2. The van der Waals surface area contributed by atoms with Gasteiger partial charge < -0.3 is 25.2 Å². The lowest BCUT2D eigenvalue weighted by atomic mass is 10.1. The lowest BCUT2D eigenvalue weighted by Gasteiger charge is -2.20. The molecule has 0 aromatic rings. The number of carbonyl (C=O) groups excluding carboxylic acids is 1. The van der Waals surface area contributed by atoms with Crippen LogP contribution in [0.4, 0.5) is 0 Å². The highest BCUT2D eigenvalue weighted by Crippen LogP contribution is 2.43. The zero-order valence-corrected chi connectivity index (χ0v) is 34.9. The summed E-state index contributed by atoms with van der Waals surface area (Å²) in [7, 11) is -4.63. The van der Waals surface area contributed by atoms with Crippen molar-refractivity contribution in [1.29, 1.82) is 0 Å². The first-order chi connectivity index (χ1) is 26.7. The van der Waals surface area contributed by atoms with Crippen molar-refractivity contribution in [2.45, 2.75) is 154 Å². The lowest BCUT2D eigenvalue weighted by Crippen LogP contribution is -2.34. The minimum Gasteiger partial charge on any atom is -0.480 e. The summed E-state index contributed by atoms with van der Waals surface area (Å²) in [6, 6.07) is -1.48. The van der Waals surface area contributed by atoms with Crippen molar-refractivity contribution in [2.24, 2.45) is 5.73 Å². The Morgan fingerprint density at radius 3 is 1.58 bits per heavy atom. The molecule has 0 aliphatic heterocycles. The first-order valence-electron chi connectivity index (χ1n) is 20.6. The molecule has 0 aliphatic carbocycles. The molecule has 0 bridgehead atoms. The molecule has 0 fully saturated rings. The van der Waals surface area contributed by atoms with E-state index in [1.165, 1.54) is 19.3 Å². The van der Waals surface area contributed by atoms with Gasteiger partial charge >= 0.3 is 19.8 Å². The van der Waals surface area contributed by atoms with Gasteiger partial charge in [0.05, 0.1) is 19.8 Å². The maximum Gasteiger partial charge on any atom is 0.472 e. The predicted octanol–water partition coefficient (Wildman–Crippen LogP) is 11.2. The van der Waals surface area contributed by atoms with Gasteiger partial charge in [-0.25, -0.2) is 4.57 Å². The van der Waals surface area contributed by atoms with E-state index in [0.29, 0.717) is 13.0 Å². The number of ether oxygens (including phenoxy) is 2. The third kappa shape index (κ3) is 39.2. The number of phosphoric acid groups is 1. The van der Waals surface area contributed by atoms with Crippen LogP contribution in [0.15, 0.2) is 85.1 Å². The highest BCUT2D eigenvalue weighted by molar-refractivity contribution is 7.47. The Hall–Kier alpha value is -2.85. The number of phosphoric ester groups is 1. The predicted molar refractivity (Wildman–Crippen MR) is 226 cm³/mol. The fraction of sp³-hybridized carbons (Fsp3) is 0.636. The van der Waals surface area contributed by atoms with Crippen LogP contribution < -0.4 is 5.73 Å². The van der Waals surface area contributed by atoms with E-state index < -0.39 is 45.1 Å². The minimum atomic E-state index is -4.63. The van der Waals surface area contributed by atoms with Crippen molar-refractivity contribution in [3.63, 3.8) is 0 Å². The zero-order chi connectivity index (χ0) is 40.5. The monoisotopic (exact) mass is 792 g/mol. The molecule has 10 nitrogen and oxygen atoms in total. The summed E-state index contributed by atoms with van der Waals surface area (Å²) in [5.74, 6) is -1.83. The van der Waals surface area contributed by atoms with Gasteiger partial charge in [0.25, 0.3) is 0 Å². The van der Waals surface area contributed by atoms with Gasteiger partial charge in [-0.05, 0) is 83.5 Å². The molecule has 0 saturated carbocycles. The van der Waals surface area contributed by atoms with Crippen LogP contribution in [-0.4, -0.2) is 60.5 Å². The fourth-order valence-corrected chi connectivity index (χ4v) is 5.74. The van der Waals surface area contributed by atoms with Crippen molar-refractivity contribution in [2.75, 3.05) is 26.4 Å². The van der Waals surface area contributed by atoms with Crippen molar-refractivity contribution in [3.8, 4) is 0 Å². The van der Waals surface area contributed by atoms with Crippen LogP contribution in [0.1, 0.15) is 142 Å². The third-order valence-corrected chi connectivity index (χ3v) is 9.09. The van der Waals surface area contributed by atoms with E-state index in [0.717, 1.165) is 96.3 Å². The molecule has 0 saturated heterocycles. The molecular weight excluding hydrogens is 717 g/mol. The van der Waals surface area contributed by atoms with Gasteiger partial charge in [0.2, 0.25) is 0 Å². The summed E-state index contributed by atoms with van der Waals surface area (Å²) < 4.78 is 33.2. The Morgan fingerprint density at radius 1 is 0.600 bits per heavy atom. The molecule has 0 aromatic heterocycles. The van der Waals surface area contributed by atoms with E-state index in [1.54, 1.807) is 0 Å². The van der Waals surface area contributed by atoms with Gasteiger partial charge in [-0.15, -0.1) is 0 Å². The SMILES string of the molecule is CC/C=C\C/C=C\C/C=C\C/C=C\C/C=C\CCCCCC(=O)OC(COCCCCCCCC/C=C\C/C=C\CCC)COP(=O)(O)OCC(N)C(=O)O. The van der Waals surface area contributed by atoms with E-state index in [4.69, 9.17) is 29.4 Å². The Morgan fingerprint density at radius 2 is 1.05 bits per heavy atom. The van der Waals surface area contributed by atoms with E-state index in [2.05, 4.69) is 98.9 Å². The average Bonchev–Trinajstić information content (AvgIpc) is 3.16. The van der Waals surface area contributed by atoms with Gasteiger partial charge in [-0.3, -0.25) is 18.6 Å². The molecule has 0 spiro atoms. The minimum absolute atomic E-state index is 0.00950. The molecule has 0 rings (SSSR count). The molecule has 0 amide bonds. The number of rotatable bonds is 38. The average molecular weight is 792 g/mol. The first kappa shape index (κ1) is 52.2. The molecule has 3 atom stereocenters. The van der Waals surface area contributed by atoms with Crippen LogP contribution in [0.25, 0.3) is 0 Å². The molecule has 3 unspecified atom stereocenters. The van der Waals surface area contributed by atoms with Crippen LogP contribution in [0, 0.1) is 0 Å². The largest absolute Gasteiger partial charge is 0.480 e. The van der Waals surface area contributed by atoms with E-state index in [1.807, 2.05) is 0 Å². The molecule has 0 heterocycles. The molecule has 0 aliphatic rings. The highest BCUT2D eigenvalue weighted by Gasteiger charge is 2.27. The number of esters is 1. The van der Waals surface area contributed by atoms with Crippen molar-refractivity contribution in [1.82, 2.24) is 0 Å². The topological polar surface area (TPSA) is 155 Å². The number of hydrogen-bond donors (Lipinski definition) is 3. The second-order valence-corrected chi connectivity index (χ2v) is 14.8. The quantitative estimate of drug-likeness (QED) is 0.0238. The highest BCUT2D eigenvalue weighted by atomic mass is 31.2. The lowest BCUT2D eigenvalue weighted by molar-refractivity contribution is -0.154. The second-order valence-electron chi connectivity index (χ2n) is 13.4. The van der Waals surface area contributed by atoms with Crippen molar-refractivity contribution >= 4 is 19.8 Å². The van der Waals surface area contributed by atoms with Crippen LogP contribution in [0.5, 0.6) is 0 Å². The number of hydrogen-bond acceptors (Lipinski definition) is 8. The summed E-state index contributed by atoms with van der Waals surface area (Å²) in [6.45, 7) is 3.61. The number of unbranched alkanes of at least 4 members (excludes halogenated alkanes) is 10. The van der Waals surface area contributed by atoms with Gasteiger partial charge in [-0.2, -0.15) is 0 Å². The van der Waals surface area contributed by atoms with Crippen molar-refractivity contribution in [3.05, 3.63) is 85.1 Å². The number of carboxylic acids is 1. The van der Waals surface area contributed by atoms with E-state index in [9.17, 15) is 19.0 Å². The van der Waals surface area contributed by atoms with Crippen LogP contribution >= 0.6 is 7.82 Å². The second kappa shape index (κ2) is 39.4. The number of carboxylic acid groups (broad SMARTS) is 1. The molecule has 4 N–H and O–H groups in total. The van der Waals surface area contributed by atoms with Crippen LogP contribution in [0.3, 0.4) is 0 Å². The summed E-state index contributed by atoms with van der Waals surface area (Å²) >= 11 is 0. The molecule has 55 heavy (non-hydrogen) atoms. The van der Waals surface area contributed by atoms with E-state index in [-0.39, 0.29) is 13.0 Å². The Kier molecular flexibility index (Phi) is 37.3. The number of aliphatic carboxylic acids is 1. The maximum absolute atomic E-state index is 12.6. The molecule has 0 radical (unpaired) electrons. The Labute approximate surface area is 333 Å². The maximum atomic E-state index is 12.6. The van der Waals surface area contributed by atoms with Crippen molar-refractivity contribution < 1.29 is 42.7 Å². The van der Waals surface area contributed by atoms with Gasteiger partial charge in [0.15, 0.2) is 0 Å². The smallest absolute Gasteiger partial charge is 0.472 e. The van der Waals surface area contributed by atoms with E-state index >= 15 is 0 Å². The summed E-state index contributed by atoms with van der Waals surface area (Å²) in [5, 5.41) is 8.88. The van der Waals surface area contributed by atoms with Crippen LogP contribution in [-0.2, 0) is 32.7 Å². The molecule has 11 heteroatoms. The Bertz CT molecular complexity index is 1190. The summed E-state index contributed by atoms with van der Waals surface area (Å²) in [4.78, 5) is 33.5. The first-order valence-corrected chi connectivity index (χ1v) is 22.1. The zero-order valence-electron chi connectivity index (χ0n) is 34.0. The third-order valence-electron chi connectivity index (χ3n) is 8.14. The van der Waals surface area contributed by atoms with Gasteiger partial charge in [-0.1, -0.05) is 137 Å². The van der Waals surface area contributed by atoms with Gasteiger partial charge in [0, 0.05) is 13.0 Å². The molecular formula is C44H74NO9P.